The second kappa shape index (κ2) is 5.86. The molecular formula is C19H30N4O2. The number of fused-ring (bicyclic) bond motifs is 2. The van der Waals surface area contributed by atoms with Crippen LogP contribution < -0.4 is 5.32 Å². The number of hydrogen-bond donors (Lipinski definition) is 1. The number of piperazine rings is 1. The number of ether oxygens (including phenoxy) is 1. The SMILES string of the molecule is CCN=C(NC1C2CCOC2C12CCC2)N1CCN(C2CC2)C(=O)C1. The molecule has 3 saturated carbocycles. The number of nitrogens with zero attached hydrogens (tertiary/aromatic N) is 3. The van der Waals surface area contributed by atoms with Crippen molar-refractivity contribution in [3.8, 4) is 0 Å². The Kier molecular flexibility index (Phi) is 3.73. The van der Waals surface area contributed by atoms with Crippen LogP contribution in [0.4, 0.5) is 0 Å². The summed E-state index contributed by atoms with van der Waals surface area (Å²) in [6.45, 7) is 5.97. The minimum Gasteiger partial charge on any atom is -0.377 e. The van der Waals surface area contributed by atoms with Crippen molar-refractivity contribution < 1.29 is 9.53 Å². The number of carbonyl (C=O) groups excluding carboxylic acids is 1. The lowest BCUT2D eigenvalue weighted by atomic mass is 9.46. The number of guanidine groups is 1. The average Bonchev–Trinajstić information content (AvgIpc) is 3.30. The Morgan fingerprint density at radius 3 is 2.80 bits per heavy atom. The molecule has 0 bridgehead atoms. The molecule has 6 nitrogen and oxygen atoms in total. The van der Waals surface area contributed by atoms with E-state index in [1.807, 2.05) is 0 Å². The molecule has 3 aliphatic carbocycles. The normalized spacial score (nSPS) is 36.9. The van der Waals surface area contributed by atoms with Gasteiger partial charge in [0.1, 0.15) is 0 Å². The maximum absolute atomic E-state index is 12.5. The molecule has 3 unspecified atom stereocenters. The summed E-state index contributed by atoms with van der Waals surface area (Å²) in [4.78, 5) is 21.5. The highest BCUT2D eigenvalue weighted by atomic mass is 16.5. The molecule has 138 valence electrons. The molecule has 1 spiro atoms. The first-order chi connectivity index (χ1) is 12.2. The van der Waals surface area contributed by atoms with Crippen LogP contribution in [0.15, 0.2) is 4.99 Å². The van der Waals surface area contributed by atoms with Gasteiger partial charge in [-0.2, -0.15) is 0 Å². The highest BCUT2D eigenvalue weighted by Gasteiger charge is 2.67. The van der Waals surface area contributed by atoms with Crippen LogP contribution >= 0.6 is 0 Å². The van der Waals surface area contributed by atoms with Gasteiger partial charge < -0.3 is 19.9 Å². The van der Waals surface area contributed by atoms with Crippen molar-refractivity contribution in [1.82, 2.24) is 15.1 Å². The topological polar surface area (TPSA) is 57.2 Å². The lowest BCUT2D eigenvalue weighted by molar-refractivity contribution is -0.171. The van der Waals surface area contributed by atoms with E-state index in [4.69, 9.17) is 9.73 Å². The van der Waals surface area contributed by atoms with E-state index in [-0.39, 0.29) is 5.91 Å². The molecule has 0 aromatic heterocycles. The van der Waals surface area contributed by atoms with Gasteiger partial charge >= 0.3 is 0 Å². The Hall–Kier alpha value is -1.30. The second-order valence-corrected chi connectivity index (χ2v) is 8.49. The van der Waals surface area contributed by atoms with E-state index in [0.717, 1.165) is 38.6 Å². The van der Waals surface area contributed by atoms with Crippen molar-refractivity contribution in [2.45, 2.75) is 63.6 Å². The van der Waals surface area contributed by atoms with Crippen molar-refractivity contribution in [3.63, 3.8) is 0 Å². The summed E-state index contributed by atoms with van der Waals surface area (Å²) >= 11 is 0. The van der Waals surface area contributed by atoms with Crippen molar-refractivity contribution in [2.24, 2.45) is 16.3 Å². The smallest absolute Gasteiger partial charge is 0.242 e. The van der Waals surface area contributed by atoms with Gasteiger partial charge in [-0.15, -0.1) is 0 Å². The van der Waals surface area contributed by atoms with E-state index < -0.39 is 0 Å². The van der Waals surface area contributed by atoms with Gasteiger partial charge in [0.25, 0.3) is 0 Å². The zero-order valence-corrected chi connectivity index (χ0v) is 15.2. The molecular weight excluding hydrogens is 316 g/mol. The van der Waals surface area contributed by atoms with Crippen LogP contribution in [-0.2, 0) is 9.53 Å². The first-order valence-corrected chi connectivity index (χ1v) is 10.2. The van der Waals surface area contributed by atoms with E-state index >= 15 is 0 Å². The van der Waals surface area contributed by atoms with Gasteiger partial charge in [0.15, 0.2) is 5.96 Å². The Morgan fingerprint density at radius 1 is 1.32 bits per heavy atom. The van der Waals surface area contributed by atoms with Gasteiger partial charge in [-0.25, -0.2) is 0 Å². The van der Waals surface area contributed by atoms with Crippen LogP contribution in [0.5, 0.6) is 0 Å². The third kappa shape index (κ3) is 2.40. The summed E-state index contributed by atoms with van der Waals surface area (Å²) in [5.41, 5.74) is 0.343. The van der Waals surface area contributed by atoms with Gasteiger partial charge in [0.05, 0.1) is 12.6 Å². The summed E-state index contributed by atoms with van der Waals surface area (Å²) in [5, 5.41) is 3.79. The standard InChI is InChI=1S/C19H30N4O2/c1-2-20-18(22-9-10-23(13-4-5-13)15(24)12-22)21-16-14-6-11-25-17(14)19(16)7-3-8-19/h13-14,16-17H,2-12H2,1H3,(H,20,21). The van der Waals surface area contributed by atoms with E-state index in [1.165, 1.54) is 32.1 Å². The summed E-state index contributed by atoms with van der Waals surface area (Å²) in [6.07, 6.45) is 7.89. The maximum Gasteiger partial charge on any atom is 0.242 e. The van der Waals surface area contributed by atoms with Gasteiger partial charge in [0.2, 0.25) is 5.91 Å². The van der Waals surface area contributed by atoms with Crippen molar-refractivity contribution in [2.75, 3.05) is 32.8 Å². The molecule has 3 atom stereocenters. The average molecular weight is 346 g/mol. The minimum atomic E-state index is 0.272. The molecule has 1 N–H and O–H groups in total. The van der Waals surface area contributed by atoms with Crippen LogP contribution in [0, 0.1) is 11.3 Å². The first-order valence-electron chi connectivity index (χ1n) is 10.2. The van der Waals surface area contributed by atoms with Crippen LogP contribution in [-0.4, -0.2) is 72.6 Å². The maximum atomic E-state index is 12.5. The molecule has 5 rings (SSSR count). The number of aliphatic imine (C=N–C) groups is 1. The van der Waals surface area contributed by atoms with E-state index in [2.05, 4.69) is 22.0 Å². The van der Waals surface area contributed by atoms with E-state index in [9.17, 15) is 4.79 Å². The Labute approximate surface area is 150 Å². The van der Waals surface area contributed by atoms with Crippen molar-refractivity contribution in [1.29, 1.82) is 0 Å². The molecule has 25 heavy (non-hydrogen) atoms. The molecule has 0 aromatic rings. The Bertz CT molecular complexity index is 584. The number of nitrogens with one attached hydrogen (secondary N) is 1. The summed E-state index contributed by atoms with van der Waals surface area (Å²) in [7, 11) is 0. The molecule has 2 saturated heterocycles. The largest absolute Gasteiger partial charge is 0.377 e. The van der Waals surface area contributed by atoms with E-state index in [0.29, 0.717) is 36.1 Å². The zero-order chi connectivity index (χ0) is 17.0. The minimum absolute atomic E-state index is 0.272. The van der Waals surface area contributed by atoms with Crippen molar-refractivity contribution in [3.05, 3.63) is 0 Å². The number of carbonyl (C=O) groups is 1. The monoisotopic (exact) mass is 346 g/mol. The number of amides is 1. The molecule has 0 aromatic carbocycles. The molecule has 5 fully saturated rings. The summed E-state index contributed by atoms with van der Waals surface area (Å²) in [6, 6.07) is 1.01. The highest BCUT2D eigenvalue weighted by molar-refractivity contribution is 5.88. The molecule has 1 amide bonds. The van der Waals surface area contributed by atoms with Crippen LogP contribution in [0.3, 0.4) is 0 Å². The first kappa shape index (κ1) is 15.9. The predicted octanol–water partition coefficient (Wildman–Crippen LogP) is 1.22. The fourth-order valence-corrected chi connectivity index (χ4v) is 5.62. The van der Waals surface area contributed by atoms with Gasteiger partial charge in [-0.3, -0.25) is 9.79 Å². The highest BCUT2D eigenvalue weighted by Crippen LogP contribution is 2.62. The van der Waals surface area contributed by atoms with Gasteiger partial charge in [-0.05, 0) is 39.0 Å². The quantitative estimate of drug-likeness (QED) is 0.617. The second-order valence-electron chi connectivity index (χ2n) is 8.49. The lowest BCUT2D eigenvalue weighted by Crippen LogP contribution is -2.73. The fraction of sp³-hybridized carbons (Fsp3) is 0.895. The van der Waals surface area contributed by atoms with Crippen LogP contribution in [0.25, 0.3) is 0 Å². The summed E-state index contributed by atoms with van der Waals surface area (Å²) < 4.78 is 6.04. The van der Waals surface area contributed by atoms with Crippen LogP contribution in [0.1, 0.15) is 45.4 Å². The van der Waals surface area contributed by atoms with Crippen molar-refractivity contribution >= 4 is 11.9 Å². The number of rotatable bonds is 3. The van der Waals surface area contributed by atoms with Crippen LogP contribution in [0.2, 0.25) is 0 Å². The summed E-state index contributed by atoms with van der Waals surface area (Å²) in [5.74, 6) is 1.85. The molecule has 6 heteroatoms. The lowest BCUT2D eigenvalue weighted by Gasteiger charge is -2.63. The number of hydrogen-bond acceptors (Lipinski definition) is 3. The third-order valence-electron chi connectivity index (χ3n) is 7.17. The van der Waals surface area contributed by atoms with E-state index in [1.54, 1.807) is 0 Å². The molecule has 2 aliphatic heterocycles. The predicted molar refractivity (Wildman–Crippen MR) is 95.3 cm³/mol. The zero-order valence-electron chi connectivity index (χ0n) is 15.2. The third-order valence-corrected chi connectivity index (χ3v) is 7.17. The fourth-order valence-electron chi connectivity index (χ4n) is 5.62. The van der Waals surface area contributed by atoms with Gasteiger partial charge in [0, 0.05) is 49.7 Å². The van der Waals surface area contributed by atoms with Gasteiger partial charge in [-0.1, -0.05) is 6.42 Å². The molecule has 5 aliphatic rings. The Balaban J connectivity index is 1.29. The molecule has 2 heterocycles. The molecule has 0 radical (unpaired) electrons. The Morgan fingerprint density at radius 2 is 2.16 bits per heavy atom.